The summed E-state index contributed by atoms with van der Waals surface area (Å²) in [5, 5.41) is 24.5. The van der Waals surface area contributed by atoms with E-state index >= 15 is 4.39 Å². The molecule has 0 saturated carbocycles. The van der Waals surface area contributed by atoms with E-state index in [2.05, 4.69) is 34.3 Å². The highest BCUT2D eigenvalue weighted by molar-refractivity contribution is 5.89. The van der Waals surface area contributed by atoms with Crippen molar-refractivity contribution in [3.8, 4) is 17.0 Å². The number of pyridine rings is 1. The maximum atomic E-state index is 15.4. The van der Waals surface area contributed by atoms with Crippen LogP contribution in [-0.4, -0.2) is 42.1 Å². The number of aromatic hydroxyl groups is 1. The number of aromatic nitrogens is 4. The Labute approximate surface area is 180 Å². The molecule has 2 N–H and O–H groups in total. The number of rotatable bonds is 2. The summed E-state index contributed by atoms with van der Waals surface area (Å²) < 4.78 is 17.3. The smallest absolute Gasteiger partial charge is 0.162 e. The van der Waals surface area contributed by atoms with Gasteiger partial charge in [0.05, 0.1) is 17.3 Å². The molecule has 4 aromatic rings. The fraction of sp³-hybridized carbons (Fsp3) is 0.375. The lowest BCUT2D eigenvalue weighted by atomic mass is 9.78. The van der Waals surface area contributed by atoms with Crippen LogP contribution < -0.4 is 5.32 Å². The van der Waals surface area contributed by atoms with E-state index in [4.69, 9.17) is 0 Å². The van der Waals surface area contributed by atoms with Crippen molar-refractivity contribution in [3.05, 3.63) is 48.8 Å². The zero-order chi connectivity index (χ0) is 22.0. The maximum Gasteiger partial charge on any atom is 0.162 e. The molecule has 0 aliphatic carbocycles. The Morgan fingerprint density at radius 1 is 1.10 bits per heavy atom. The second-order valence-corrected chi connectivity index (χ2v) is 9.70. The number of piperidine rings is 1. The van der Waals surface area contributed by atoms with Gasteiger partial charge < -0.3 is 15.0 Å². The van der Waals surface area contributed by atoms with E-state index in [9.17, 15) is 5.11 Å². The van der Waals surface area contributed by atoms with Gasteiger partial charge in [-0.3, -0.25) is 4.98 Å². The Morgan fingerprint density at radius 3 is 2.71 bits per heavy atom. The summed E-state index contributed by atoms with van der Waals surface area (Å²) in [4.78, 5) is 4.36. The van der Waals surface area contributed by atoms with Crippen molar-refractivity contribution >= 4 is 21.9 Å². The highest BCUT2D eigenvalue weighted by Crippen LogP contribution is 2.40. The fourth-order valence-electron chi connectivity index (χ4n) is 5.01. The van der Waals surface area contributed by atoms with Gasteiger partial charge in [-0.25, -0.2) is 4.39 Å². The summed E-state index contributed by atoms with van der Waals surface area (Å²) in [5.74, 6) is 0.124. The first-order chi connectivity index (χ1) is 14.6. The first-order valence-corrected chi connectivity index (χ1v) is 10.5. The minimum atomic E-state index is -1.08. The number of halogens is 1. The average molecular weight is 420 g/mol. The van der Waals surface area contributed by atoms with E-state index in [0.717, 1.165) is 16.3 Å². The third-order valence-corrected chi connectivity index (χ3v) is 6.22. The lowest BCUT2D eigenvalue weighted by Crippen LogP contribution is -2.64. The minimum Gasteiger partial charge on any atom is -0.507 e. The Morgan fingerprint density at radius 2 is 1.90 bits per heavy atom. The highest BCUT2D eigenvalue weighted by Gasteiger charge is 2.47. The van der Waals surface area contributed by atoms with Crippen LogP contribution in [0.3, 0.4) is 0 Å². The summed E-state index contributed by atoms with van der Waals surface area (Å²) in [6, 6.07) is 10.7. The number of hydrogen-bond acceptors (Lipinski definition) is 5. The fourth-order valence-corrected chi connectivity index (χ4v) is 5.01. The van der Waals surface area contributed by atoms with E-state index in [-0.39, 0.29) is 17.3 Å². The molecule has 0 radical (unpaired) electrons. The normalized spacial score (nSPS) is 22.7. The SMILES string of the molecule is CC1(C)C[C@H](n2ccc3cc(-c4cc5ncccc5cc4O)nnc32)[C@H](F)C(C)(C)N1. The monoisotopic (exact) mass is 419 g/mol. The molecule has 2 atom stereocenters. The van der Waals surface area contributed by atoms with Crippen molar-refractivity contribution in [2.24, 2.45) is 0 Å². The molecular weight excluding hydrogens is 393 g/mol. The molecular formula is C24H26FN5O. The van der Waals surface area contributed by atoms with Crippen LogP contribution in [0.4, 0.5) is 4.39 Å². The van der Waals surface area contributed by atoms with Crippen molar-refractivity contribution in [2.45, 2.75) is 57.4 Å². The largest absolute Gasteiger partial charge is 0.507 e. The van der Waals surface area contributed by atoms with Crippen LogP contribution in [0.1, 0.15) is 40.2 Å². The molecule has 4 heterocycles. The number of benzene rings is 1. The molecule has 0 bridgehead atoms. The molecule has 6 nitrogen and oxygen atoms in total. The maximum absolute atomic E-state index is 15.4. The first-order valence-electron chi connectivity index (χ1n) is 10.5. The molecule has 1 fully saturated rings. The van der Waals surface area contributed by atoms with Crippen molar-refractivity contribution in [3.63, 3.8) is 0 Å². The number of hydrogen-bond donors (Lipinski definition) is 2. The van der Waals surface area contributed by atoms with Crippen molar-refractivity contribution in [1.82, 2.24) is 25.1 Å². The lowest BCUT2D eigenvalue weighted by Gasteiger charge is -2.49. The molecule has 3 aromatic heterocycles. The summed E-state index contributed by atoms with van der Waals surface area (Å²) in [7, 11) is 0. The van der Waals surface area contributed by atoms with Crippen molar-refractivity contribution in [2.75, 3.05) is 0 Å². The Kier molecular flexibility index (Phi) is 4.31. The van der Waals surface area contributed by atoms with Gasteiger partial charge in [-0.05, 0) is 64.4 Å². The van der Waals surface area contributed by atoms with Gasteiger partial charge >= 0.3 is 0 Å². The average Bonchev–Trinajstić information content (AvgIpc) is 3.12. The summed E-state index contributed by atoms with van der Waals surface area (Å²) in [6.45, 7) is 7.99. The molecule has 7 heteroatoms. The molecule has 31 heavy (non-hydrogen) atoms. The third kappa shape index (κ3) is 3.33. The number of nitrogens with one attached hydrogen (secondary N) is 1. The molecule has 1 aromatic carbocycles. The third-order valence-electron chi connectivity index (χ3n) is 6.22. The molecule has 0 spiro atoms. The molecule has 1 aliphatic heterocycles. The zero-order valence-corrected chi connectivity index (χ0v) is 18.1. The first kappa shape index (κ1) is 19.9. The predicted octanol–water partition coefficient (Wildman–Crippen LogP) is 4.78. The van der Waals surface area contributed by atoms with Crippen LogP contribution >= 0.6 is 0 Å². The number of nitrogens with zero attached hydrogens (tertiary/aromatic N) is 4. The molecule has 5 rings (SSSR count). The van der Waals surface area contributed by atoms with Crippen LogP contribution in [-0.2, 0) is 0 Å². The van der Waals surface area contributed by atoms with Crippen LogP contribution in [0, 0.1) is 0 Å². The predicted molar refractivity (Wildman–Crippen MR) is 120 cm³/mol. The van der Waals surface area contributed by atoms with Crippen LogP contribution in [0.25, 0.3) is 33.2 Å². The summed E-state index contributed by atoms with van der Waals surface area (Å²) in [6.07, 6.45) is 3.17. The van der Waals surface area contributed by atoms with Gasteiger partial charge in [0.2, 0.25) is 0 Å². The second kappa shape index (κ2) is 6.72. The lowest BCUT2D eigenvalue weighted by molar-refractivity contribution is 0.0313. The molecule has 1 saturated heterocycles. The van der Waals surface area contributed by atoms with E-state index in [1.54, 1.807) is 12.3 Å². The van der Waals surface area contributed by atoms with Gasteiger partial charge in [0, 0.05) is 39.8 Å². The Bertz CT molecular complexity index is 1300. The van der Waals surface area contributed by atoms with Crippen LogP contribution in [0.15, 0.2) is 48.8 Å². The number of fused-ring (bicyclic) bond motifs is 2. The van der Waals surface area contributed by atoms with E-state index in [0.29, 0.717) is 23.3 Å². The van der Waals surface area contributed by atoms with Crippen molar-refractivity contribution in [1.29, 1.82) is 0 Å². The molecule has 0 unspecified atom stereocenters. The second-order valence-electron chi connectivity index (χ2n) is 9.70. The van der Waals surface area contributed by atoms with E-state index in [1.165, 1.54) is 0 Å². The van der Waals surface area contributed by atoms with Gasteiger partial charge in [0.1, 0.15) is 11.9 Å². The number of phenolic OH excluding ortho intramolecular Hbond substituents is 1. The quantitative estimate of drug-likeness (QED) is 0.489. The van der Waals surface area contributed by atoms with Crippen molar-refractivity contribution < 1.29 is 9.50 Å². The molecule has 1 aliphatic rings. The van der Waals surface area contributed by atoms with Gasteiger partial charge in [-0.15, -0.1) is 10.2 Å². The van der Waals surface area contributed by atoms with Gasteiger partial charge in [-0.1, -0.05) is 6.07 Å². The van der Waals surface area contributed by atoms with E-state index < -0.39 is 11.7 Å². The van der Waals surface area contributed by atoms with Crippen LogP contribution in [0.5, 0.6) is 5.75 Å². The standard InChI is InChI=1S/C24H26FN5O/c1-23(2)13-19(21(25)24(3,4)29-23)30-9-7-15-10-18(27-28-22(15)30)16-12-17-14(11-20(16)31)6-5-8-26-17/h5-12,19,21,29,31H,13H2,1-4H3/t19-,21-/m0/s1. The highest BCUT2D eigenvalue weighted by atomic mass is 19.1. The van der Waals surface area contributed by atoms with Gasteiger partial charge in [0.15, 0.2) is 5.65 Å². The molecule has 160 valence electrons. The van der Waals surface area contributed by atoms with Gasteiger partial charge in [0.25, 0.3) is 0 Å². The molecule has 0 amide bonds. The Balaban J connectivity index is 1.58. The zero-order valence-electron chi connectivity index (χ0n) is 18.1. The minimum absolute atomic E-state index is 0.124. The Hall–Kier alpha value is -3.06. The number of phenols is 1. The summed E-state index contributed by atoms with van der Waals surface area (Å²) >= 11 is 0. The van der Waals surface area contributed by atoms with E-state index in [1.807, 2.05) is 54.9 Å². The van der Waals surface area contributed by atoms with Gasteiger partial charge in [-0.2, -0.15) is 0 Å². The summed E-state index contributed by atoms with van der Waals surface area (Å²) in [5.41, 5.74) is 1.68. The van der Waals surface area contributed by atoms with Crippen LogP contribution in [0.2, 0.25) is 0 Å². The number of alkyl halides is 1. The topological polar surface area (TPSA) is 75.9 Å².